The van der Waals surface area contributed by atoms with Crippen LogP contribution in [0.2, 0.25) is 0 Å². The van der Waals surface area contributed by atoms with Crippen LogP contribution in [-0.4, -0.2) is 7.05 Å². The molecule has 0 bridgehead atoms. The van der Waals surface area contributed by atoms with Crippen molar-refractivity contribution in [2.45, 2.75) is 29.7 Å². The molecule has 0 aromatic heterocycles. The number of aryl methyl sites for hydroxylation is 1. The van der Waals surface area contributed by atoms with E-state index in [2.05, 4.69) is 33.4 Å². The summed E-state index contributed by atoms with van der Waals surface area (Å²) in [6.45, 7) is 3.84. The fraction of sp³-hybridized carbons (Fsp3) is 0.250. The zero-order valence-corrected chi connectivity index (χ0v) is 14.1. The van der Waals surface area contributed by atoms with E-state index in [1.54, 1.807) is 24.8 Å². The third kappa shape index (κ3) is 3.62. The number of rotatable bonds is 4. The highest BCUT2D eigenvalue weighted by Gasteiger charge is 2.13. The average molecular weight is 354 g/mol. The van der Waals surface area contributed by atoms with Gasteiger partial charge in [-0.05, 0) is 62.4 Å². The molecule has 2 aromatic rings. The maximum absolute atomic E-state index is 13.8. The monoisotopic (exact) mass is 353 g/mol. The predicted octanol–water partition coefficient (Wildman–Crippen LogP) is 5.33. The van der Waals surface area contributed by atoms with Crippen LogP contribution in [0.15, 0.2) is 50.7 Å². The molecular weight excluding hydrogens is 337 g/mol. The highest BCUT2D eigenvalue weighted by molar-refractivity contribution is 9.10. The Morgan fingerprint density at radius 1 is 1.25 bits per heavy atom. The molecule has 2 rings (SSSR count). The van der Waals surface area contributed by atoms with Gasteiger partial charge in [0.2, 0.25) is 0 Å². The van der Waals surface area contributed by atoms with Gasteiger partial charge in [0.1, 0.15) is 5.82 Å². The summed E-state index contributed by atoms with van der Waals surface area (Å²) in [6, 6.07) is 11.8. The van der Waals surface area contributed by atoms with Gasteiger partial charge >= 0.3 is 0 Å². The van der Waals surface area contributed by atoms with Gasteiger partial charge in [-0.25, -0.2) is 4.39 Å². The lowest BCUT2D eigenvalue weighted by Crippen LogP contribution is -2.13. The lowest BCUT2D eigenvalue weighted by Gasteiger charge is -2.17. The quantitative estimate of drug-likeness (QED) is 0.797. The molecule has 2 aromatic carbocycles. The van der Waals surface area contributed by atoms with Crippen LogP contribution in [-0.2, 0) is 0 Å². The zero-order chi connectivity index (χ0) is 14.7. The molecule has 4 heteroatoms. The molecule has 20 heavy (non-hydrogen) atoms. The van der Waals surface area contributed by atoms with Crippen molar-refractivity contribution in [1.29, 1.82) is 0 Å². The molecule has 0 amide bonds. The molecule has 0 aliphatic heterocycles. The van der Waals surface area contributed by atoms with Gasteiger partial charge in [-0.3, -0.25) is 0 Å². The summed E-state index contributed by atoms with van der Waals surface area (Å²) in [5.74, 6) is -0.152. The van der Waals surface area contributed by atoms with Gasteiger partial charge in [-0.15, -0.1) is 0 Å². The molecule has 106 valence electrons. The number of hydrogen-bond acceptors (Lipinski definition) is 2. The lowest BCUT2D eigenvalue weighted by molar-refractivity contribution is 0.594. The average Bonchev–Trinajstić information content (AvgIpc) is 2.42. The molecule has 0 aliphatic rings. The molecule has 1 nitrogen and oxygen atoms in total. The molecule has 0 saturated carbocycles. The Bertz CT molecular complexity index is 615. The summed E-state index contributed by atoms with van der Waals surface area (Å²) in [4.78, 5) is 2.22. The maximum atomic E-state index is 13.8. The second-order valence-corrected chi connectivity index (χ2v) is 6.74. The Labute approximate surface area is 132 Å². The van der Waals surface area contributed by atoms with Crippen LogP contribution in [0.4, 0.5) is 4.39 Å². The van der Waals surface area contributed by atoms with Gasteiger partial charge in [0, 0.05) is 20.3 Å². The summed E-state index contributed by atoms with van der Waals surface area (Å²) >= 11 is 5.14. The molecule has 1 N–H and O–H groups in total. The van der Waals surface area contributed by atoms with Gasteiger partial charge in [0.05, 0.1) is 0 Å². The van der Waals surface area contributed by atoms with E-state index in [-0.39, 0.29) is 11.9 Å². The van der Waals surface area contributed by atoms with Gasteiger partial charge in [-0.2, -0.15) is 0 Å². The minimum absolute atomic E-state index is 0.111. The minimum Gasteiger partial charge on any atom is -0.313 e. The molecule has 0 aliphatic carbocycles. The Morgan fingerprint density at radius 3 is 2.65 bits per heavy atom. The van der Waals surface area contributed by atoms with E-state index in [1.807, 2.05) is 32.2 Å². The molecule has 0 radical (unpaired) electrons. The van der Waals surface area contributed by atoms with E-state index in [4.69, 9.17) is 0 Å². The van der Waals surface area contributed by atoms with Gasteiger partial charge in [0.25, 0.3) is 0 Å². The van der Waals surface area contributed by atoms with Crippen molar-refractivity contribution < 1.29 is 4.39 Å². The zero-order valence-electron chi connectivity index (χ0n) is 11.7. The van der Waals surface area contributed by atoms with Crippen molar-refractivity contribution >= 4 is 27.7 Å². The molecule has 0 fully saturated rings. The molecule has 0 saturated heterocycles. The standard InChI is InChI=1S/C16H17BrFNS/c1-10-7-16(14(9-15(10)18)11(2)19-3)20-13-6-4-5-12(17)8-13/h4-9,11,19H,1-3H3. The SMILES string of the molecule is CNC(C)c1cc(F)c(C)cc1Sc1cccc(Br)c1. The van der Waals surface area contributed by atoms with E-state index < -0.39 is 0 Å². The first-order chi connectivity index (χ1) is 9.51. The Hall–Kier alpha value is -0.840. The molecule has 0 heterocycles. The lowest BCUT2D eigenvalue weighted by atomic mass is 10.1. The minimum atomic E-state index is -0.152. The van der Waals surface area contributed by atoms with Crippen molar-refractivity contribution in [2.24, 2.45) is 0 Å². The highest BCUT2D eigenvalue weighted by Crippen LogP contribution is 2.35. The van der Waals surface area contributed by atoms with Crippen molar-refractivity contribution in [2.75, 3.05) is 7.05 Å². The van der Waals surface area contributed by atoms with Gasteiger partial charge < -0.3 is 5.32 Å². The second-order valence-electron chi connectivity index (χ2n) is 4.71. The van der Waals surface area contributed by atoms with E-state index in [0.29, 0.717) is 5.56 Å². The van der Waals surface area contributed by atoms with Gasteiger partial charge in [-0.1, -0.05) is 33.8 Å². The summed E-state index contributed by atoms with van der Waals surface area (Å²) in [6.07, 6.45) is 0. The fourth-order valence-corrected chi connectivity index (χ4v) is 3.64. The van der Waals surface area contributed by atoms with Gasteiger partial charge in [0.15, 0.2) is 0 Å². The summed E-state index contributed by atoms with van der Waals surface area (Å²) in [5.41, 5.74) is 1.66. The molecule has 0 spiro atoms. The summed E-state index contributed by atoms with van der Waals surface area (Å²) in [7, 11) is 1.88. The first-order valence-corrected chi connectivity index (χ1v) is 8.03. The van der Waals surface area contributed by atoms with E-state index >= 15 is 0 Å². The highest BCUT2D eigenvalue weighted by atomic mass is 79.9. The van der Waals surface area contributed by atoms with Crippen LogP contribution in [0.25, 0.3) is 0 Å². The normalized spacial score (nSPS) is 12.4. The van der Waals surface area contributed by atoms with Crippen molar-refractivity contribution in [1.82, 2.24) is 5.32 Å². The fourth-order valence-electron chi connectivity index (χ4n) is 1.91. The number of hydrogen-bond donors (Lipinski definition) is 1. The smallest absolute Gasteiger partial charge is 0.126 e. The molecular formula is C16H17BrFNS. The Kier molecular flexibility index (Phi) is 5.24. The van der Waals surface area contributed by atoms with Crippen LogP contribution in [0, 0.1) is 12.7 Å². The summed E-state index contributed by atoms with van der Waals surface area (Å²) in [5, 5.41) is 3.18. The van der Waals surface area contributed by atoms with Crippen molar-refractivity contribution in [3.05, 3.63) is 57.8 Å². The second kappa shape index (κ2) is 6.74. The first kappa shape index (κ1) is 15.5. The largest absolute Gasteiger partial charge is 0.313 e. The van der Waals surface area contributed by atoms with E-state index in [0.717, 1.165) is 19.8 Å². The third-order valence-electron chi connectivity index (χ3n) is 3.21. The number of halogens is 2. The number of nitrogens with one attached hydrogen (secondary N) is 1. The number of benzene rings is 2. The van der Waals surface area contributed by atoms with E-state index in [1.165, 1.54) is 0 Å². The Morgan fingerprint density at radius 2 is 2.00 bits per heavy atom. The van der Waals surface area contributed by atoms with Crippen LogP contribution in [0.5, 0.6) is 0 Å². The van der Waals surface area contributed by atoms with Crippen molar-refractivity contribution in [3.8, 4) is 0 Å². The topological polar surface area (TPSA) is 12.0 Å². The van der Waals surface area contributed by atoms with Crippen molar-refractivity contribution in [3.63, 3.8) is 0 Å². The predicted molar refractivity (Wildman–Crippen MR) is 86.9 cm³/mol. The molecule has 1 unspecified atom stereocenters. The Balaban J connectivity index is 2.41. The summed E-state index contributed by atoms with van der Waals surface area (Å²) < 4.78 is 14.9. The first-order valence-electron chi connectivity index (χ1n) is 6.42. The van der Waals surface area contributed by atoms with Crippen LogP contribution < -0.4 is 5.32 Å². The third-order valence-corrected chi connectivity index (χ3v) is 4.77. The van der Waals surface area contributed by atoms with Crippen LogP contribution in [0.3, 0.4) is 0 Å². The van der Waals surface area contributed by atoms with E-state index in [9.17, 15) is 4.39 Å². The maximum Gasteiger partial charge on any atom is 0.126 e. The van der Waals surface area contributed by atoms with Crippen LogP contribution in [0.1, 0.15) is 24.1 Å². The molecule has 1 atom stereocenters. The van der Waals surface area contributed by atoms with Crippen LogP contribution >= 0.6 is 27.7 Å².